The van der Waals surface area contributed by atoms with E-state index in [-0.39, 0.29) is 18.6 Å². The SMILES string of the molecule is CCOCC(C)NC(=O)NCC(CC)(CC)C(=O)O. The third kappa shape index (κ3) is 5.92. The van der Waals surface area contributed by atoms with E-state index in [1.165, 1.54) is 0 Å². The van der Waals surface area contributed by atoms with Crippen LogP contribution in [0.25, 0.3) is 0 Å². The number of aliphatic carboxylic acids is 1. The molecule has 0 fully saturated rings. The lowest BCUT2D eigenvalue weighted by Crippen LogP contribution is -2.48. The van der Waals surface area contributed by atoms with Gasteiger partial charge in [-0.2, -0.15) is 0 Å². The fourth-order valence-corrected chi connectivity index (χ4v) is 1.74. The average molecular weight is 274 g/mol. The Morgan fingerprint density at radius 2 is 1.84 bits per heavy atom. The summed E-state index contributed by atoms with van der Waals surface area (Å²) in [4.78, 5) is 22.9. The molecule has 1 atom stereocenters. The van der Waals surface area contributed by atoms with Crippen LogP contribution in [-0.4, -0.2) is 42.9 Å². The number of amides is 2. The van der Waals surface area contributed by atoms with Crippen molar-refractivity contribution in [2.45, 2.75) is 46.6 Å². The van der Waals surface area contributed by atoms with Gasteiger partial charge in [-0.25, -0.2) is 4.79 Å². The number of ether oxygens (including phenoxy) is 1. The number of nitrogens with one attached hydrogen (secondary N) is 2. The van der Waals surface area contributed by atoms with Gasteiger partial charge in [0.05, 0.1) is 18.1 Å². The summed E-state index contributed by atoms with van der Waals surface area (Å²) in [7, 11) is 0. The van der Waals surface area contributed by atoms with Crippen molar-refractivity contribution in [1.29, 1.82) is 0 Å². The molecule has 0 saturated carbocycles. The number of carbonyl (C=O) groups excluding carboxylic acids is 1. The van der Waals surface area contributed by atoms with Crippen LogP contribution >= 0.6 is 0 Å². The number of carbonyl (C=O) groups is 2. The second-order valence-electron chi connectivity index (χ2n) is 4.68. The lowest BCUT2D eigenvalue weighted by molar-refractivity contribution is -0.149. The van der Waals surface area contributed by atoms with Crippen molar-refractivity contribution in [2.75, 3.05) is 19.8 Å². The minimum atomic E-state index is -0.888. The molecule has 0 rings (SSSR count). The lowest BCUT2D eigenvalue weighted by atomic mass is 9.82. The average Bonchev–Trinajstić information content (AvgIpc) is 2.37. The highest BCUT2D eigenvalue weighted by Gasteiger charge is 2.35. The van der Waals surface area contributed by atoms with Gasteiger partial charge in [-0.1, -0.05) is 13.8 Å². The second kappa shape index (κ2) is 8.74. The number of hydrogen-bond acceptors (Lipinski definition) is 3. The van der Waals surface area contributed by atoms with E-state index in [2.05, 4.69) is 10.6 Å². The van der Waals surface area contributed by atoms with Gasteiger partial charge >= 0.3 is 12.0 Å². The zero-order chi connectivity index (χ0) is 14.9. The van der Waals surface area contributed by atoms with Crippen molar-refractivity contribution in [2.24, 2.45) is 5.41 Å². The van der Waals surface area contributed by atoms with Gasteiger partial charge in [0, 0.05) is 13.2 Å². The van der Waals surface area contributed by atoms with Gasteiger partial charge in [0.15, 0.2) is 0 Å². The van der Waals surface area contributed by atoms with Crippen LogP contribution in [0.3, 0.4) is 0 Å². The molecule has 6 nitrogen and oxygen atoms in total. The molecule has 0 aromatic heterocycles. The molecule has 0 bridgehead atoms. The first kappa shape index (κ1) is 17.7. The topological polar surface area (TPSA) is 87.7 Å². The Kier molecular flexibility index (Phi) is 8.14. The summed E-state index contributed by atoms with van der Waals surface area (Å²) in [6, 6.07) is -0.470. The summed E-state index contributed by atoms with van der Waals surface area (Å²) in [6.45, 7) is 8.51. The summed E-state index contributed by atoms with van der Waals surface area (Å²) in [5.74, 6) is -0.875. The fourth-order valence-electron chi connectivity index (χ4n) is 1.74. The molecule has 3 N–H and O–H groups in total. The zero-order valence-corrected chi connectivity index (χ0v) is 12.3. The third-order valence-corrected chi connectivity index (χ3v) is 3.34. The van der Waals surface area contributed by atoms with Crippen molar-refractivity contribution < 1.29 is 19.4 Å². The molecule has 0 heterocycles. The monoisotopic (exact) mass is 274 g/mol. The Morgan fingerprint density at radius 1 is 1.26 bits per heavy atom. The van der Waals surface area contributed by atoms with E-state index in [0.29, 0.717) is 26.1 Å². The normalized spacial score (nSPS) is 12.8. The summed E-state index contributed by atoms with van der Waals surface area (Å²) in [5, 5.41) is 14.6. The fraction of sp³-hybridized carbons (Fsp3) is 0.846. The second-order valence-corrected chi connectivity index (χ2v) is 4.68. The van der Waals surface area contributed by atoms with E-state index in [4.69, 9.17) is 4.74 Å². The Morgan fingerprint density at radius 3 is 2.26 bits per heavy atom. The highest BCUT2D eigenvalue weighted by Crippen LogP contribution is 2.25. The molecule has 6 heteroatoms. The minimum Gasteiger partial charge on any atom is -0.481 e. The van der Waals surface area contributed by atoms with Crippen LogP contribution in [0, 0.1) is 5.41 Å². The maximum absolute atomic E-state index is 11.6. The predicted molar refractivity (Wildman–Crippen MR) is 73.1 cm³/mol. The molecule has 0 saturated heterocycles. The molecule has 0 spiro atoms. The number of hydrogen-bond donors (Lipinski definition) is 3. The quantitative estimate of drug-likeness (QED) is 0.596. The van der Waals surface area contributed by atoms with Gasteiger partial charge in [0.1, 0.15) is 0 Å². The Hall–Kier alpha value is -1.30. The summed E-state index contributed by atoms with van der Waals surface area (Å²) in [5.41, 5.74) is -0.888. The van der Waals surface area contributed by atoms with Crippen LogP contribution in [-0.2, 0) is 9.53 Å². The highest BCUT2D eigenvalue weighted by atomic mass is 16.5. The molecule has 1 unspecified atom stereocenters. The van der Waals surface area contributed by atoms with E-state index < -0.39 is 11.4 Å². The van der Waals surface area contributed by atoms with E-state index in [1.807, 2.05) is 27.7 Å². The van der Waals surface area contributed by atoms with Gasteiger partial charge in [-0.05, 0) is 26.7 Å². The standard InChI is InChI=1S/C13H26N2O4/c1-5-13(6-2,11(16)17)9-14-12(18)15-10(4)8-19-7-3/h10H,5-9H2,1-4H3,(H,16,17)(H2,14,15,18). The van der Waals surface area contributed by atoms with Crippen molar-refractivity contribution in [3.8, 4) is 0 Å². The van der Waals surface area contributed by atoms with Crippen molar-refractivity contribution in [3.63, 3.8) is 0 Å². The van der Waals surface area contributed by atoms with Gasteiger partial charge in [-0.15, -0.1) is 0 Å². The smallest absolute Gasteiger partial charge is 0.315 e. The maximum Gasteiger partial charge on any atom is 0.315 e. The lowest BCUT2D eigenvalue weighted by Gasteiger charge is -2.27. The number of carboxylic acid groups (broad SMARTS) is 1. The molecule has 0 radical (unpaired) electrons. The first-order valence-corrected chi connectivity index (χ1v) is 6.77. The molecule has 0 aliphatic rings. The number of carboxylic acids is 1. The number of rotatable bonds is 9. The van der Waals surface area contributed by atoms with E-state index in [1.54, 1.807) is 0 Å². The molecule has 112 valence electrons. The third-order valence-electron chi connectivity index (χ3n) is 3.34. The molecule has 2 amide bonds. The molecule has 0 aliphatic carbocycles. The van der Waals surface area contributed by atoms with E-state index >= 15 is 0 Å². The maximum atomic E-state index is 11.6. The molecule has 0 aromatic rings. The molecular formula is C13H26N2O4. The molecule has 0 aromatic carbocycles. The molecular weight excluding hydrogens is 248 g/mol. The van der Waals surface area contributed by atoms with Gasteiger partial charge in [-0.3, -0.25) is 4.79 Å². The van der Waals surface area contributed by atoms with Crippen LogP contribution in [0.1, 0.15) is 40.5 Å². The summed E-state index contributed by atoms with van der Waals surface area (Å²) >= 11 is 0. The van der Waals surface area contributed by atoms with E-state index in [9.17, 15) is 14.7 Å². The van der Waals surface area contributed by atoms with Crippen LogP contribution in [0.5, 0.6) is 0 Å². The van der Waals surface area contributed by atoms with Crippen LogP contribution < -0.4 is 10.6 Å². The van der Waals surface area contributed by atoms with Crippen LogP contribution in [0.2, 0.25) is 0 Å². The zero-order valence-electron chi connectivity index (χ0n) is 12.3. The highest BCUT2D eigenvalue weighted by molar-refractivity contribution is 5.78. The summed E-state index contributed by atoms with van der Waals surface area (Å²) in [6.07, 6.45) is 0.960. The van der Waals surface area contributed by atoms with Gasteiger partial charge in [0.2, 0.25) is 0 Å². The Labute approximate surface area is 114 Å². The number of urea groups is 1. The Bertz CT molecular complexity index is 290. The van der Waals surface area contributed by atoms with Crippen molar-refractivity contribution in [1.82, 2.24) is 10.6 Å². The first-order valence-electron chi connectivity index (χ1n) is 6.77. The molecule has 0 aliphatic heterocycles. The van der Waals surface area contributed by atoms with Crippen LogP contribution in [0.15, 0.2) is 0 Å². The summed E-state index contributed by atoms with van der Waals surface area (Å²) < 4.78 is 5.19. The predicted octanol–water partition coefficient (Wildman–Crippen LogP) is 1.60. The molecule has 19 heavy (non-hydrogen) atoms. The first-order chi connectivity index (χ1) is 8.91. The van der Waals surface area contributed by atoms with Crippen molar-refractivity contribution in [3.05, 3.63) is 0 Å². The Balaban J connectivity index is 4.23. The van der Waals surface area contributed by atoms with Crippen molar-refractivity contribution >= 4 is 12.0 Å². The van der Waals surface area contributed by atoms with Gasteiger partial charge in [0.25, 0.3) is 0 Å². The van der Waals surface area contributed by atoms with Crippen LogP contribution in [0.4, 0.5) is 4.79 Å². The van der Waals surface area contributed by atoms with E-state index in [0.717, 1.165) is 0 Å². The minimum absolute atomic E-state index is 0.109. The largest absolute Gasteiger partial charge is 0.481 e. The van der Waals surface area contributed by atoms with Gasteiger partial charge < -0.3 is 20.5 Å².